The van der Waals surface area contributed by atoms with Gasteiger partial charge in [-0.1, -0.05) is 0 Å². The number of nitrogens with one attached hydrogen (secondary N) is 1. The van der Waals surface area contributed by atoms with E-state index in [9.17, 15) is 18.0 Å². The first-order chi connectivity index (χ1) is 13.4. The summed E-state index contributed by atoms with van der Waals surface area (Å²) in [4.78, 5) is 25.1. The molecular formula is C19H20N2O6S. The minimum Gasteiger partial charge on any atom is -0.497 e. The van der Waals surface area contributed by atoms with E-state index in [4.69, 9.17) is 9.47 Å². The molecule has 8 nitrogen and oxygen atoms in total. The molecule has 2 aromatic rings. The van der Waals surface area contributed by atoms with Crippen molar-refractivity contribution in [3.05, 3.63) is 42.5 Å². The Morgan fingerprint density at radius 3 is 2.14 bits per heavy atom. The number of ether oxygens (including phenoxy) is 2. The number of benzene rings is 2. The van der Waals surface area contributed by atoms with Crippen molar-refractivity contribution in [2.75, 3.05) is 23.8 Å². The Morgan fingerprint density at radius 1 is 0.929 bits per heavy atom. The fourth-order valence-corrected chi connectivity index (χ4v) is 3.97. The van der Waals surface area contributed by atoms with Gasteiger partial charge in [0.05, 0.1) is 30.5 Å². The van der Waals surface area contributed by atoms with E-state index in [1.54, 1.807) is 12.1 Å². The Bertz CT molecular complexity index is 986. The number of hydrogen-bond acceptors (Lipinski definition) is 6. The van der Waals surface area contributed by atoms with E-state index >= 15 is 0 Å². The second kappa shape index (κ2) is 7.89. The Kier molecular flexibility index (Phi) is 5.55. The summed E-state index contributed by atoms with van der Waals surface area (Å²) < 4.78 is 38.2. The van der Waals surface area contributed by atoms with Crippen LogP contribution >= 0.6 is 0 Å². The van der Waals surface area contributed by atoms with Crippen molar-refractivity contribution in [3.8, 4) is 11.5 Å². The first-order valence-electron chi connectivity index (χ1n) is 8.56. The highest BCUT2D eigenvalue weighted by Gasteiger charge is 2.27. The second-order valence-corrected chi connectivity index (χ2v) is 7.82. The molecule has 0 aliphatic carbocycles. The number of carbonyl (C=O) groups excluding carboxylic acids is 2. The summed E-state index contributed by atoms with van der Waals surface area (Å²) in [6.07, 6.45) is 1.13. The van der Waals surface area contributed by atoms with E-state index < -0.39 is 10.0 Å². The van der Waals surface area contributed by atoms with Crippen LogP contribution in [0.4, 0.5) is 11.4 Å². The molecule has 0 spiro atoms. The van der Waals surface area contributed by atoms with Gasteiger partial charge < -0.3 is 9.47 Å². The first-order valence-corrected chi connectivity index (χ1v) is 10.0. The number of anilines is 2. The van der Waals surface area contributed by atoms with Crippen LogP contribution in [0.5, 0.6) is 11.5 Å². The number of methoxy groups -OCH3 is 2. The van der Waals surface area contributed by atoms with Crippen LogP contribution in [0.1, 0.15) is 19.3 Å². The van der Waals surface area contributed by atoms with Gasteiger partial charge in [-0.05, 0) is 42.8 Å². The smallest absolute Gasteiger partial charge is 0.262 e. The zero-order valence-corrected chi connectivity index (χ0v) is 16.3. The Hall–Kier alpha value is -3.07. The third-order valence-corrected chi connectivity index (χ3v) is 5.72. The summed E-state index contributed by atoms with van der Waals surface area (Å²) >= 11 is 0. The van der Waals surface area contributed by atoms with E-state index in [-0.39, 0.29) is 22.4 Å². The van der Waals surface area contributed by atoms with Gasteiger partial charge in [-0.3, -0.25) is 19.2 Å². The standard InChI is InChI=1S/C19H20N2O6S/c1-26-14-8-11-16(17(12-14)27-2)20-28(24,25)15-9-6-13(7-10-15)21-18(22)4-3-5-19(21)23/h6-12,20H,3-5H2,1-2H3. The number of rotatable bonds is 6. The molecule has 28 heavy (non-hydrogen) atoms. The lowest BCUT2D eigenvalue weighted by Crippen LogP contribution is -2.40. The average Bonchev–Trinajstić information content (AvgIpc) is 2.68. The van der Waals surface area contributed by atoms with E-state index in [1.165, 1.54) is 44.6 Å². The minimum atomic E-state index is -3.90. The molecule has 0 saturated carbocycles. The van der Waals surface area contributed by atoms with E-state index in [0.717, 1.165) is 4.90 Å². The lowest BCUT2D eigenvalue weighted by atomic mass is 10.1. The van der Waals surface area contributed by atoms with Crippen LogP contribution in [-0.2, 0) is 19.6 Å². The quantitative estimate of drug-likeness (QED) is 0.743. The van der Waals surface area contributed by atoms with Crippen LogP contribution in [-0.4, -0.2) is 34.5 Å². The summed E-state index contributed by atoms with van der Waals surface area (Å²) in [5.41, 5.74) is 0.615. The minimum absolute atomic E-state index is 0.00831. The monoisotopic (exact) mass is 404 g/mol. The first kappa shape index (κ1) is 19.7. The van der Waals surface area contributed by atoms with Gasteiger partial charge in [0.15, 0.2) is 0 Å². The maximum atomic E-state index is 12.7. The number of imide groups is 1. The highest BCUT2D eigenvalue weighted by Crippen LogP contribution is 2.31. The SMILES string of the molecule is COc1ccc(NS(=O)(=O)c2ccc(N3C(=O)CCCC3=O)cc2)c(OC)c1. The van der Waals surface area contributed by atoms with E-state index in [2.05, 4.69) is 4.72 Å². The molecule has 2 aromatic carbocycles. The number of amides is 2. The predicted octanol–water partition coefficient (Wildman–Crippen LogP) is 2.55. The second-order valence-electron chi connectivity index (χ2n) is 6.14. The number of hydrogen-bond donors (Lipinski definition) is 1. The molecule has 0 aromatic heterocycles. The van der Waals surface area contributed by atoms with Crippen molar-refractivity contribution in [2.24, 2.45) is 0 Å². The summed E-state index contributed by atoms with van der Waals surface area (Å²) in [6.45, 7) is 0. The van der Waals surface area contributed by atoms with Gasteiger partial charge in [0.2, 0.25) is 11.8 Å². The van der Waals surface area contributed by atoms with Gasteiger partial charge in [0, 0.05) is 18.9 Å². The van der Waals surface area contributed by atoms with Crippen molar-refractivity contribution >= 4 is 33.2 Å². The fraction of sp³-hybridized carbons (Fsp3) is 0.263. The molecule has 2 amide bonds. The molecule has 148 valence electrons. The van der Waals surface area contributed by atoms with Gasteiger partial charge in [-0.15, -0.1) is 0 Å². The maximum Gasteiger partial charge on any atom is 0.262 e. The molecular weight excluding hydrogens is 384 g/mol. The van der Waals surface area contributed by atoms with Gasteiger partial charge in [-0.25, -0.2) is 8.42 Å². The van der Waals surface area contributed by atoms with Crippen molar-refractivity contribution in [1.29, 1.82) is 0 Å². The topological polar surface area (TPSA) is 102 Å². The Labute approximate surface area is 163 Å². The lowest BCUT2D eigenvalue weighted by Gasteiger charge is -2.25. The summed E-state index contributed by atoms with van der Waals surface area (Å²) in [7, 11) is -0.977. The van der Waals surface area contributed by atoms with Gasteiger partial charge in [-0.2, -0.15) is 0 Å². The molecule has 3 rings (SSSR count). The number of carbonyl (C=O) groups is 2. The van der Waals surface area contributed by atoms with Crippen LogP contribution in [0.3, 0.4) is 0 Å². The molecule has 9 heteroatoms. The lowest BCUT2D eigenvalue weighted by molar-refractivity contribution is -0.129. The van der Waals surface area contributed by atoms with Gasteiger partial charge >= 0.3 is 0 Å². The largest absolute Gasteiger partial charge is 0.497 e. The summed E-state index contributed by atoms with van der Waals surface area (Å²) in [5.74, 6) is 0.268. The molecule has 1 aliphatic heterocycles. The summed E-state index contributed by atoms with van der Waals surface area (Å²) in [5, 5.41) is 0. The predicted molar refractivity (Wildman–Crippen MR) is 103 cm³/mol. The highest BCUT2D eigenvalue weighted by molar-refractivity contribution is 7.92. The molecule has 0 atom stereocenters. The molecule has 1 aliphatic rings. The van der Waals surface area contributed by atoms with Crippen LogP contribution < -0.4 is 19.1 Å². The Morgan fingerprint density at radius 2 is 1.57 bits per heavy atom. The van der Waals surface area contributed by atoms with Gasteiger partial charge in [0.1, 0.15) is 11.5 Å². The fourth-order valence-electron chi connectivity index (χ4n) is 2.90. The van der Waals surface area contributed by atoms with E-state index in [1.807, 2.05) is 0 Å². The zero-order valence-electron chi connectivity index (χ0n) is 15.5. The number of piperidine rings is 1. The van der Waals surface area contributed by atoms with Crippen molar-refractivity contribution in [1.82, 2.24) is 0 Å². The number of nitrogens with zero attached hydrogens (tertiary/aromatic N) is 1. The number of sulfonamides is 1. The van der Waals surface area contributed by atoms with E-state index in [0.29, 0.717) is 36.4 Å². The molecule has 0 bridgehead atoms. The molecule has 0 unspecified atom stereocenters. The molecule has 1 saturated heterocycles. The highest BCUT2D eigenvalue weighted by atomic mass is 32.2. The molecule has 1 N–H and O–H groups in total. The molecule has 1 heterocycles. The third kappa shape index (κ3) is 3.94. The van der Waals surface area contributed by atoms with Crippen molar-refractivity contribution in [2.45, 2.75) is 24.2 Å². The van der Waals surface area contributed by atoms with Crippen LogP contribution in [0, 0.1) is 0 Å². The molecule has 1 fully saturated rings. The normalized spacial score (nSPS) is 14.7. The Balaban J connectivity index is 1.85. The average molecular weight is 404 g/mol. The van der Waals surface area contributed by atoms with Gasteiger partial charge in [0.25, 0.3) is 10.0 Å². The van der Waals surface area contributed by atoms with Crippen LogP contribution in [0.25, 0.3) is 0 Å². The third-order valence-electron chi connectivity index (χ3n) is 4.34. The summed E-state index contributed by atoms with van der Waals surface area (Å²) in [6, 6.07) is 10.3. The van der Waals surface area contributed by atoms with Crippen LogP contribution in [0.15, 0.2) is 47.4 Å². The van der Waals surface area contributed by atoms with Crippen molar-refractivity contribution < 1.29 is 27.5 Å². The van der Waals surface area contributed by atoms with Crippen LogP contribution in [0.2, 0.25) is 0 Å². The molecule has 0 radical (unpaired) electrons. The maximum absolute atomic E-state index is 12.7. The zero-order chi connectivity index (χ0) is 20.3. The van der Waals surface area contributed by atoms with Crippen molar-refractivity contribution in [3.63, 3.8) is 0 Å².